The zero-order valence-corrected chi connectivity index (χ0v) is 27.0. The molecule has 1 aromatic carbocycles. The average molecular weight is 646 g/mol. The van der Waals surface area contributed by atoms with E-state index in [1.165, 1.54) is 11.8 Å². The second kappa shape index (κ2) is 12.6. The number of hydrogen-bond donors (Lipinski definition) is 5. The number of rotatable bonds is 8. The van der Waals surface area contributed by atoms with Crippen LogP contribution < -0.4 is 10.6 Å². The smallest absolute Gasteiger partial charge is 0.410 e. The van der Waals surface area contributed by atoms with Crippen molar-refractivity contribution in [2.75, 3.05) is 38.8 Å². The summed E-state index contributed by atoms with van der Waals surface area (Å²) in [5.41, 5.74) is 3.24. The van der Waals surface area contributed by atoms with Gasteiger partial charge in [-0.3, -0.25) is 19.2 Å². The predicted molar refractivity (Wildman–Crippen MR) is 163 cm³/mol. The molecular weight excluding hydrogens is 602 g/mol. The molecule has 5 atom stereocenters. The number of amides is 2. The summed E-state index contributed by atoms with van der Waals surface area (Å²) in [5, 5.41) is 45.3. The minimum Gasteiger partial charge on any atom is -0.507 e. The van der Waals surface area contributed by atoms with Gasteiger partial charge in [-0.15, -0.1) is 0 Å². The third kappa shape index (κ3) is 6.27. The van der Waals surface area contributed by atoms with E-state index in [-0.39, 0.29) is 62.3 Å². The van der Waals surface area contributed by atoms with Gasteiger partial charge in [-0.2, -0.15) is 0 Å². The van der Waals surface area contributed by atoms with Gasteiger partial charge in [0.05, 0.1) is 18.2 Å². The lowest BCUT2D eigenvalue weighted by molar-refractivity contribution is -0.174. The summed E-state index contributed by atoms with van der Waals surface area (Å²) in [6, 6.07) is 1.68. The molecule has 0 bridgehead atoms. The van der Waals surface area contributed by atoms with Crippen molar-refractivity contribution in [3.63, 3.8) is 0 Å². The molecule has 0 spiro atoms. The highest BCUT2D eigenvalue weighted by molar-refractivity contribution is 6.24. The van der Waals surface area contributed by atoms with Crippen LogP contribution in [-0.2, 0) is 41.6 Å². The van der Waals surface area contributed by atoms with Crippen molar-refractivity contribution < 1.29 is 53.9 Å². The number of anilines is 1. The maximum Gasteiger partial charge on any atom is 0.410 e. The van der Waals surface area contributed by atoms with Crippen LogP contribution in [0.3, 0.4) is 0 Å². The number of primary amides is 1. The fourth-order valence-electron chi connectivity index (χ4n) is 6.92. The molecule has 0 radical (unpaired) electrons. The van der Waals surface area contributed by atoms with Gasteiger partial charge in [-0.25, -0.2) is 4.79 Å². The van der Waals surface area contributed by atoms with E-state index in [9.17, 15) is 44.4 Å². The number of benzene rings is 1. The lowest BCUT2D eigenvalue weighted by Crippen LogP contribution is -2.66. The number of ether oxygens (including phenoxy) is 2. The topological polar surface area (TPSA) is 217 Å². The van der Waals surface area contributed by atoms with Crippen LogP contribution in [0.5, 0.6) is 5.75 Å². The first-order valence-electron chi connectivity index (χ1n) is 15.1. The van der Waals surface area contributed by atoms with Gasteiger partial charge in [-0.05, 0) is 42.2 Å². The first-order chi connectivity index (χ1) is 21.3. The Kier molecular flexibility index (Phi) is 9.47. The number of Topliss-reactive ketones (excluding diaryl/α,β-unsaturated/α-hetero) is 2. The Morgan fingerprint density at radius 3 is 2.28 bits per heavy atom. The van der Waals surface area contributed by atoms with Crippen LogP contribution in [-0.4, -0.2) is 100 Å². The van der Waals surface area contributed by atoms with E-state index in [1.807, 2.05) is 20.8 Å². The second-order valence-electron chi connectivity index (χ2n) is 13.8. The zero-order valence-electron chi connectivity index (χ0n) is 27.0. The molecule has 0 heterocycles. The predicted octanol–water partition coefficient (Wildman–Crippen LogP) is 1.20. The minimum atomic E-state index is -2.69. The number of fused-ring (bicyclic) bond motifs is 3. The van der Waals surface area contributed by atoms with Gasteiger partial charge < -0.3 is 45.4 Å². The number of nitrogens with zero attached hydrogens (tertiary/aromatic N) is 2. The largest absolute Gasteiger partial charge is 0.507 e. The highest BCUT2D eigenvalue weighted by atomic mass is 16.6. The molecular formula is C32H43N3O11. The molecule has 6 N–H and O–H groups in total. The minimum absolute atomic E-state index is 0.0449. The normalized spacial score (nSPS) is 25.7. The van der Waals surface area contributed by atoms with Gasteiger partial charge in [-0.1, -0.05) is 20.8 Å². The molecule has 2 fully saturated rings. The number of phenols is 1. The summed E-state index contributed by atoms with van der Waals surface area (Å²) in [5.74, 6) is -8.50. The number of phenolic OH excluding ortho intramolecular Hbond substituents is 1. The number of aliphatic hydroxyl groups is 3. The molecule has 0 saturated heterocycles. The molecule has 14 heteroatoms. The average Bonchev–Trinajstić information content (AvgIpc) is 2.92. The van der Waals surface area contributed by atoms with Crippen molar-refractivity contribution >= 4 is 41.0 Å². The quantitative estimate of drug-likeness (QED) is 0.153. The van der Waals surface area contributed by atoms with Crippen molar-refractivity contribution in [2.24, 2.45) is 28.9 Å². The number of aromatic hydroxyl groups is 1. The molecule has 3 aliphatic rings. The molecule has 4 rings (SSSR count). The van der Waals surface area contributed by atoms with E-state index in [1.54, 1.807) is 25.1 Å². The van der Waals surface area contributed by atoms with Gasteiger partial charge in [0, 0.05) is 50.3 Å². The number of esters is 1. The van der Waals surface area contributed by atoms with E-state index >= 15 is 0 Å². The Morgan fingerprint density at radius 1 is 1.09 bits per heavy atom. The van der Waals surface area contributed by atoms with E-state index in [4.69, 9.17) is 15.2 Å². The van der Waals surface area contributed by atoms with Crippen LogP contribution in [0.4, 0.5) is 10.5 Å². The number of aliphatic hydroxyl groups excluding tert-OH is 2. The maximum atomic E-state index is 13.9. The fourth-order valence-corrected chi connectivity index (χ4v) is 6.92. The molecule has 14 nitrogen and oxygen atoms in total. The van der Waals surface area contributed by atoms with Crippen LogP contribution in [0.25, 0.3) is 5.76 Å². The molecule has 2 saturated carbocycles. The van der Waals surface area contributed by atoms with Crippen LogP contribution in [0, 0.1) is 23.2 Å². The Labute approximate surface area is 266 Å². The van der Waals surface area contributed by atoms with Crippen molar-refractivity contribution in [2.45, 2.75) is 65.2 Å². The SMILES string of the molecule is CC(=O)OCCOC(=O)N(Cc1cc(N(C)C)c2c(c1O)C(O)=C1C(=O)[C@]3(O)C(=O)C(C(N)=O)C(O)C[C@@H]3C[C@@H]1C2)CC(C)(C)C. The van der Waals surface area contributed by atoms with E-state index < -0.39 is 75.9 Å². The number of ketones is 2. The molecule has 2 unspecified atom stereocenters. The number of nitrogens with two attached hydrogens (primary N) is 1. The van der Waals surface area contributed by atoms with Crippen LogP contribution >= 0.6 is 0 Å². The first-order valence-corrected chi connectivity index (χ1v) is 15.1. The highest BCUT2D eigenvalue weighted by Crippen LogP contribution is 2.53. The van der Waals surface area contributed by atoms with Gasteiger partial charge in [0.15, 0.2) is 11.4 Å². The Morgan fingerprint density at radius 2 is 1.72 bits per heavy atom. The van der Waals surface area contributed by atoms with Crippen molar-refractivity contribution in [3.8, 4) is 5.75 Å². The zero-order chi connectivity index (χ0) is 34.5. The molecule has 46 heavy (non-hydrogen) atoms. The standard InChI is InChI=1S/C32H43N3O11/c1-15(36)45-7-8-46-30(43)35(14-31(2,3)4)13-17-11-20(34(5)6)19-10-16-9-18-12-21(37)24(29(33)42)28(41)32(18,44)27(40)22(16)26(39)23(19)25(17)38/h11,16,18,21,24,37-39,44H,7-10,12-14H2,1-6H3,(H2,33,42)/t16-,18+,21?,24?,32+/m1/s1. The summed E-state index contributed by atoms with van der Waals surface area (Å²) in [4.78, 5) is 66.5. The van der Waals surface area contributed by atoms with Crippen LogP contribution in [0.2, 0.25) is 0 Å². The summed E-state index contributed by atoms with van der Waals surface area (Å²) >= 11 is 0. The third-order valence-electron chi connectivity index (χ3n) is 8.82. The molecule has 0 aromatic heterocycles. The maximum absolute atomic E-state index is 13.9. The fraction of sp³-hybridized carbons (Fsp3) is 0.594. The highest BCUT2D eigenvalue weighted by Gasteiger charge is 2.64. The van der Waals surface area contributed by atoms with Crippen LogP contribution in [0.15, 0.2) is 11.6 Å². The summed E-state index contributed by atoms with van der Waals surface area (Å²) in [6.45, 7) is 6.66. The second-order valence-corrected chi connectivity index (χ2v) is 13.8. The van der Waals surface area contributed by atoms with Gasteiger partial charge >= 0.3 is 12.1 Å². The lowest BCUT2D eigenvalue weighted by atomic mass is 9.56. The van der Waals surface area contributed by atoms with Crippen molar-refractivity contribution in [1.29, 1.82) is 0 Å². The molecule has 1 aromatic rings. The first kappa shape index (κ1) is 34.7. The number of hydrogen-bond acceptors (Lipinski definition) is 12. The summed E-state index contributed by atoms with van der Waals surface area (Å²) < 4.78 is 10.2. The van der Waals surface area contributed by atoms with Crippen molar-refractivity contribution in [3.05, 3.63) is 28.3 Å². The van der Waals surface area contributed by atoms with Crippen LogP contribution in [0.1, 0.15) is 57.2 Å². The van der Waals surface area contributed by atoms with Gasteiger partial charge in [0.2, 0.25) is 11.7 Å². The van der Waals surface area contributed by atoms with E-state index in [0.717, 1.165) is 0 Å². The Bertz CT molecular complexity index is 1490. The van der Waals surface area contributed by atoms with Crippen molar-refractivity contribution in [1.82, 2.24) is 4.90 Å². The summed E-state index contributed by atoms with van der Waals surface area (Å²) in [6.07, 6.45) is -2.22. The number of carbonyl (C=O) groups excluding carboxylic acids is 5. The van der Waals surface area contributed by atoms with Gasteiger partial charge in [0.1, 0.15) is 30.6 Å². The number of carbonyl (C=O) groups is 5. The Balaban J connectivity index is 1.78. The molecule has 2 amide bonds. The molecule has 0 aliphatic heterocycles. The van der Waals surface area contributed by atoms with E-state index in [0.29, 0.717) is 11.3 Å². The Hall–Kier alpha value is -4.17. The van der Waals surface area contributed by atoms with E-state index in [2.05, 4.69) is 0 Å². The third-order valence-corrected chi connectivity index (χ3v) is 8.82. The lowest BCUT2D eigenvalue weighted by Gasteiger charge is -2.48. The monoisotopic (exact) mass is 645 g/mol. The molecule has 252 valence electrons. The molecule has 3 aliphatic carbocycles. The van der Waals surface area contributed by atoms with Gasteiger partial charge in [0.25, 0.3) is 0 Å². The summed E-state index contributed by atoms with van der Waals surface area (Å²) in [7, 11) is 3.52.